The summed E-state index contributed by atoms with van der Waals surface area (Å²) in [4.78, 5) is 32.6. The largest absolute Gasteiger partial charge is 0.476 e. The molecule has 6 nitrogen and oxygen atoms in total. The SMILES string of the molecule is CC1CC(C)CC(CC2CCCCC2)(N2[C@@H]3CC[C@H]2CC(n2c(=O)c(C(=O)O)nc4ccccc42)C3)C1. The maximum absolute atomic E-state index is 13.5. The molecule has 6 rings (SSSR count). The van der Waals surface area contributed by atoms with E-state index < -0.39 is 11.5 Å². The average Bonchev–Trinajstić information content (AvgIpc) is 3.14. The van der Waals surface area contributed by atoms with E-state index >= 15 is 0 Å². The molecule has 2 aromatic rings. The number of carboxylic acids is 1. The quantitative estimate of drug-likeness (QED) is 0.507. The summed E-state index contributed by atoms with van der Waals surface area (Å²) in [6.07, 6.45) is 16.5. The fraction of sp³-hybridized carbons (Fsp3) is 0.710. The van der Waals surface area contributed by atoms with Crippen LogP contribution >= 0.6 is 0 Å². The Balaban J connectivity index is 1.35. The lowest BCUT2D eigenvalue weighted by Gasteiger charge is -2.57. The van der Waals surface area contributed by atoms with Crippen molar-refractivity contribution in [2.45, 2.75) is 121 Å². The van der Waals surface area contributed by atoms with Crippen molar-refractivity contribution in [3.05, 3.63) is 40.3 Å². The molecule has 3 heterocycles. The van der Waals surface area contributed by atoms with Crippen molar-refractivity contribution < 1.29 is 9.90 Å². The van der Waals surface area contributed by atoms with E-state index in [2.05, 4.69) is 23.7 Å². The van der Waals surface area contributed by atoms with Crippen molar-refractivity contribution in [1.29, 1.82) is 0 Å². The van der Waals surface area contributed by atoms with Gasteiger partial charge in [-0.25, -0.2) is 9.78 Å². The lowest BCUT2D eigenvalue weighted by atomic mass is 9.64. The van der Waals surface area contributed by atoms with Crippen LogP contribution in [0.2, 0.25) is 0 Å². The van der Waals surface area contributed by atoms with Gasteiger partial charge in [0.15, 0.2) is 0 Å². The molecule has 2 saturated carbocycles. The molecule has 5 atom stereocenters. The number of aromatic nitrogens is 2. The van der Waals surface area contributed by atoms with Crippen LogP contribution in [0.4, 0.5) is 0 Å². The van der Waals surface area contributed by atoms with E-state index in [1.807, 2.05) is 24.3 Å². The lowest BCUT2D eigenvalue weighted by Crippen LogP contribution is -2.61. The highest BCUT2D eigenvalue weighted by molar-refractivity contribution is 5.88. The molecule has 2 saturated heterocycles. The second kappa shape index (κ2) is 9.83. The van der Waals surface area contributed by atoms with Gasteiger partial charge < -0.3 is 9.67 Å². The van der Waals surface area contributed by atoms with Crippen molar-refractivity contribution in [2.24, 2.45) is 17.8 Å². The molecule has 4 fully saturated rings. The first kappa shape index (κ1) is 25.1. The molecule has 6 heteroatoms. The third kappa shape index (κ3) is 4.53. The van der Waals surface area contributed by atoms with Crippen LogP contribution in [0.5, 0.6) is 0 Å². The number of hydrogen-bond donors (Lipinski definition) is 1. The molecule has 4 aliphatic rings. The third-order valence-electron chi connectivity index (χ3n) is 10.3. The summed E-state index contributed by atoms with van der Waals surface area (Å²) < 4.78 is 1.80. The average molecular weight is 506 g/mol. The number of hydrogen-bond acceptors (Lipinski definition) is 4. The Hall–Kier alpha value is -2.21. The predicted molar refractivity (Wildman–Crippen MR) is 146 cm³/mol. The molecule has 37 heavy (non-hydrogen) atoms. The highest BCUT2D eigenvalue weighted by Gasteiger charge is 2.53. The zero-order chi connectivity index (χ0) is 25.7. The summed E-state index contributed by atoms with van der Waals surface area (Å²) in [6.45, 7) is 4.94. The normalized spacial score (nSPS) is 35.1. The first-order chi connectivity index (χ1) is 17.8. The number of carboxylic acid groups (broad SMARTS) is 1. The first-order valence-electron chi connectivity index (χ1n) is 14.9. The number of fused-ring (bicyclic) bond motifs is 3. The molecule has 0 radical (unpaired) electrons. The van der Waals surface area contributed by atoms with E-state index in [1.54, 1.807) is 4.57 Å². The number of aromatic carboxylic acids is 1. The fourth-order valence-corrected chi connectivity index (χ4v) is 9.44. The minimum atomic E-state index is -1.23. The van der Waals surface area contributed by atoms with Gasteiger partial charge in [0, 0.05) is 23.7 Å². The van der Waals surface area contributed by atoms with Gasteiger partial charge in [-0.2, -0.15) is 0 Å². The zero-order valence-electron chi connectivity index (χ0n) is 22.6. The molecule has 1 aromatic heterocycles. The van der Waals surface area contributed by atoms with Crippen molar-refractivity contribution in [3.8, 4) is 0 Å². The number of nitrogens with zero attached hydrogens (tertiary/aromatic N) is 3. The van der Waals surface area contributed by atoms with Crippen LogP contribution in [-0.2, 0) is 0 Å². The van der Waals surface area contributed by atoms with E-state index in [9.17, 15) is 14.7 Å². The van der Waals surface area contributed by atoms with Crippen LogP contribution < -0.4 is 5.56 Å². The Morgan fingerprint density at radius 1 is 0.946 bits per heavy atom. The van der Waals surface area contributed by atoms with Crippen LogP contribution in [0.3, 0.4) is 0 Å². The molecular formula is C31H43N3O3. The van der Waals surface area contributed by atoms with Crippen molar-refractivity contribution in [2.75, 3.05) is 0 Å². The summed E-state index contributed by atoms with van der Waals surface area (Å²) in [5.41, 5.74) is 0.858. The van der Waals surface area contributed by atoms with Gasteiger partial charge in [-0.15, -0.1) is 0 Å². The first-order valence-corrected chi connectivity index (χ1v) is 14.9. The molecule has 0 amide bonds. The monoisotopic (exact) mass is 505 g/mol. The van der Waals surface area contributed by atoms with E-state index in [0.29, 0.717) is 17.6 Å². The molecule has 3 unspecified atom stereocenters. The molecule has 1 N–H and O–H groups in total. The van der Waals surface area contributed by atoms with Crippen molar-refractivity contribution in [3.63, 3.8) is 0 Å². The maximum atomic E-state index is 13.5. The van der Waals surface area contributed by atoms with Crippen LogP contribution in [0.25, 0.3) is 11.0 Å². The van der Waals surface area contributed by atoms with Gasteiger partial charge in [0.1, 0.15) is 0 Å². The van der Waals surface area contributed by atoms with Gasteiger partial charge in [-0.1, -0.05) is 58.1 Å². The van der Waals surface area contributed by atoms with Crippen LogP contribution in [0.1, 0.15) is 114 Å². The van der Waals surface area contributed by atoms with Crippen LogP contribution in [0.15, 0.2) is 29.1 Å². The number of para-hydroxylation sites is 2. The number of rotatable bonds is 5. The molecule has 2 aliphatic carbocycles. The standard InChI is InChI=1S/C31H43N3O3/c1-20-14-21(2)18-31(17-20,19-22-8-4-3-5-9-22)34-23-12-13-24(34)16-25(15-23)33-27-11-7-6-10-26(27)32-28(29(33)35)30(36)37/h6-7,10-11,20-25H,3-5,8-9,12-19H2,1-2H3,(H,36,37)/t20?,21?,23-,24+,25?,31?. The summed E-state index contributed by atoms with van der Waals surface area (Å²) in [5, 5.41) is 9.73. The number of piperidine rings is 1. The van der Waals surface area contributed by atoms with Gasteiger partial charge >= 0.3 is 5.97 Å². The lowest BCUT2D eigenvalue weighted by molar-refractivity contribution is -0.0646. The molecule has 2 bridgehead atoms. The molecule has 0 spiro atoms. The maximum Gasteiger partial charge on any atom is 0.360 e. The van der Waals surface area contributed by atoms with Crippen molar-refractivity contribution in [1.82, 2.24) is 14.5 Å². The minimum absolute atomic E-state index is 0.0254. The Labute approximate surface area is 220 Å². The fourth-order valence-electron chi connectivity index (χ4n) is 9.44. The van der Waals surface area contributed by atoms with Gasteiger partial charge in [0.2, 0.25) is 5.69 Å². The Kier molecular flexibility index (Phi) is 6.67. The van der Waals surface area contributed by atoms with E-state index in [0.717, 1.165) is 36.1 Å². The summed E-state index contributed by atoms with van der Waals surface area (Å²) in [5.74, 6) is 1.14. The molecule has 1 aromatic carbocycles. The van der Waals surface area contributed by atoms with Crippen molar-refractivity contribution >= 4 is 17.0 Å². The van der Waals surface area contributed by atoms with E-state index in [4.69, 9.17) is 0 Å². The Morgan fingerprint density at radius 3 is 2.24 bits per heavy atom. The smallest absolute Gasteiger partial charge is 0.360 e. The Bertz CT molecular complexity index is 1190. The molecule has 200 valence electrons. The Morgan fingerprint density at radius 2 is 1.59 bits per heavy atom. The van der Waals surface area contributed by atoms with Crippen LogP contribution in [0, 0.1) is 17.8 Å². The molecule has 2 aliphatic heterocycles. The van der Waals surface area contributed by atoms with E-state index in [1.165, 1.54) is 70.6 Å². The number of carbonyl (C=O) groups is 1. The predicted octanol–water partition coefficient (Wildman–Crippen LogP) is 6.43. The van der Waals surface area contributed by atoms with E-state index in [-0.39, 0.29) is 17.3 Å². The van der Waals surface area contributed by atoms with Gasteiger partial charge in [-0.3, -0.25) is 9.69 Å². The minimum Gasteiger partial charge on any atom is -0.476 e. The summed E-state index contributed by atoms with van der Waals surface area (Å²) in [6, 6.07) is 8.51. The summed E-state index contributed by atoms with van der Waals surface area (Å²) >= 11 is 0. The second-order valence-corrected chi connectivity index (χ2v) is 13.1. The van der Waals surface area contributed by atoms with Crippen LogP contribution in [-0.4, -0.2) is 43.1 Å². The molecular weight excluding hydrogens is 462 g/mol. The van der Waals surface area contributed by atoms with Gasteiger partial charge in [0.05, 0.1) is 11.0 Å². The number of benzene rings is 1. The second-order valence-electron chi connectivity index (χ2n) is 13.1. The summed E-state index contributed by atoms with van der Waals surface area (Å²) in [7, 11) is 0. The highest BCUT2D eigenvalue weighted by Crippen LogP contribution is 2.53. The van der Waals surface area contributed by atoms with Gasteiger partial charge in [-0.05, 0) is 81.3 Å². The zero-order valence-corrected chi connectivity index (χ0v) is 22.6. The third-order valence-corrected chi connectivity index (χ3v) is 10.3. The van der Waals surface area contributed by atoms with Gasteiger partial charge in [0.25, 0.3) is 5.56 Å². The topological polar surface area (TPSA) is 75.4 Å². The highest BCUT2D eigenvalue weighted by atomic mass is 16.4.